The average Bonchev–Trinajstić information content (AvgIpc) is 2.27. The predicted octanol–water partition coefficient (Wildman–Crippen LogP) is 2.71. The fourth-order valence-electron chi connectivity index (χ4n) is 2.20. The van der Waals surface area contributed by atoms with Gasteiger partial charge in [0.15, 0.2) is 0 Å². The van der Waals surface area contributed by atoms with Crippen molar-refractivity contribution in [2.24, 2.45) is 0 Å². The molecule has 0 saturated heterocycles. The number of aromatic nitrogens is 2. The summed E-state index contributed by atoms with van der Waals surface area (Å²) in [4.78, 5) is 9.04. The minimum Gasteiger partial charge on any atom is -0.461 e. The number of ether oxygens (including phenoxy) is 1. The van der Waals surface area contributed by atoms with Crippen LogP contribution < -0.4 is 4.74 Å². The topological polar surface area (TPSA) is 35.0 Å². The molecule has 1 heterocycles. The van der Waals surface area contributed by atoms with Gasteiger partial charge in [0.05, 0.1) is 17.5 Å². The van der Waals surface area contributed by atoms with E-state index in [0.29, 0.717) is 6.01 Å². The molecular weight excluding hydrogens is 200 g/mol. The van der Waals surface area contributed by atoms with Crippen LogP contribution in [0.15, 0.2) is 0 Å². The molecule has 3 heteroatoms. The molecule has 88 valence electrons. The zero-order chi connectivity index (χ0) is 11.5. The summed E-state index contributed by atoms with van der Waals surface area (Å²) in [6.45, 7) is 6.17. The van der Waals surface area contributed by atoms with Gasteiger partial charge in [0.1, 0.15) is 0 Å². The lowest BCUT2D eigenvalue weighted by molar-refractivity contribution is 0.220. The fourth-order valence-corrected chi connectivity index (χ4v) is 2.20. The lowest BCUT2D eigenvalue weighted by Gasteiger charge is -2.19. The minimum atomic E-state index is 0.145. The van der Waals surface area contributed by atoms with E-state index in [4.69, 9.17) is 4.74 Å². The fraction of sp³-hybridized carbons (Fsp3) is 0.692. The Kier molecular flexibility index (Phi) is 3.42. The molecule has 0 radical (unpaired) electrons. The Labute approximate surface area is 97.3 Å². The monoisotopic (exact) mass is 220 g/mol. The van der Waals surface area contributed by atoms with E-state index in [1.807, 2.05) is 13.8 Å². The van der Waals surface area contributed by atoms with Crippen LogP contribution in [0.25, 0.3) is 0 Å². The number of nitrogens with zero attached hydrogens (tertiary/aromatic N) is 2. The Bertz CT molecular complexity index is 357. The highest BCUT2D eigenvalue weighted by molar-refractivity contribution is 5.29. The van der Waals surface area contributed by atoms with Gasteiger partial charge in [-0.3, -0.25) is 0 Å². The Morgan fingerprint density at radius 3 is 2.62 bits per heavy atom. The van der Waals surface area contributed by atoms with Gasteiger partial charge in [0.2, 0.25) is 0 Å². The second-order valence-corrected chi connectivity index (χ2v) is 4.61. The van der Waals surface area contributed by atoms with Crippen molar-refractivity contribution in [3.8, 4) is 6.01 Å². The molecule has 2 rings (SSSR count). The molecule has 0 unspecified atom stereocenters. The number of aryl methyl sites for hydroxylation is 2. The highest BCUT2D eigenvalue weighted by Gasteiger charge is 2.17. The first-order chi connectivity index (χ1) is 7.70. The molecule has 0 spiro atoms. The maximum atomic E-state index is 5.60. The average molecular weight is 220 g/mol. The van der Waals surface area contributed by atoms with Gasteiger partial charge in [-0.05, 0) is 51.5 Å². The Morgan fingerprint density at radius 2 is 1.94 bits per heavy atom. The molecule has 1 aliphatic carbocycles. The quantitative estimate of drug-likeness (QED) is 0.785. The maximum Gasteiger partial charge on any atom is 0.317 e. The Hall–Kier alpha value is -1.12. The summed E-state index contributed by atoms with van der Waals surface area (Å²) in [5.74, 6) is 0. The van der Waals surface area contributed by atoms with Gasteiger partial charge < -0.3 is 4.74 Å². The molecule has 16 heavy (non-hydrogen) atoms. The van der Waals surface area contributed by atoms with Gasteiger partial charge in [0, 0.05) is 0 Å². The summed E-state index contributed by atoms with van der Waals surface area (Å²) in [6.07, 6.45) is 5.85. The van der Waals surface area contributed by atoms with Gasteiger partial charge >= 0.3 is 6.01 Å². The Balaban J connectivity index is 2.35. The summed E-state index contributed by atoms with van der Waals surface area (Å²) in [7, 11) is 0. The summed E-state index contributed by atoms with van der Waals surface area (Å²) in [5, 5.41) is 0. The molecule has 0 fully saturated rings. The van der Waals surface area contributed by atoms with Crippen LogP contribution in [0.3, 0.4) is 0 Å². The van der Waals surface area contributed by atoms with Crippen molar-refractivity contribution >= 4 is 0 Å². The first-order valence-corrected chi connectivity index (χ1v) is 6.26. The van der Waals surface area contributed by atoms with Gasteiger partial charge in [-0.1, -0.05) is 6.92 Å². The number of rotatable bonds is 3. The van der Waals surface area contributed by atoms with E-state index in [9.17, 15) is 0 Å². The summed E-state index contributed by atoms with van der Waals surface area (Å²) >= 11 is 0. The van der Waals surface area contributed by atoms with Crippen molar-refractivity contribution in [3.05, 3.63) is 17.0 Å². The van der Waals surface area contributed by atoms with Crippen molar-refractivity contribution in [3.63, 3.8) is 0 Å². The molecule has 0 N–H and O–H groups in total. The van der Waals surface area contributed by atoms with Crippen LogP contribution in [0, 0.1) is 0 Å². The van der Waals surface area contributed by atoms with Crippen molar-refractivity contribution in [2.45, 2.75) is 59.0 Å². The third-order valence-corrected chi connectivity index (χ3v) is 2.92. The smallest absolute Gasteiger partial charge is 0.317 e. The molecule has 1 aromatic rings. The largest absolute Gasteiger partial charge is 0.461 e. The van der Waals surface area contributed by atoms with Crippen LogP contribution in [0.4, 0.5) is 0 Å². The Morgan fingerprint density at radius 1 is 1.19 bits per heavy atom. The van der Waals surface area contributed by atoms with Crippen molar-refractivity contribution < 1.29 is 4.74 Å². The van der Waals surface area contributed by atoms with E-state index in [1.165, 1.54) is 29.8 Å². The van der Waals surface area contributed by atoms with Gasteiger partial charge in [0.25, 0.3) is 0 Å². The van der Waals surface area contributed by atoms with Crippen LogP contribution in [-0.2, 0) is 19.3 Å². The standard InChI is InChI=1S/C13H20N2O/c1-4-11-10-7-5-6-8-12(10)15-13(14-11)16-9(2)3/h9H,4-8H2,1-3H3. The van der Waals surface area contributed by atoms with Crippen molar-refractivity contribution in [1.82, 2.24) is 9.97 Å². The first kappa shape index (κ1) is 11.4. The van der Waals surface area contributed by atoms with E-state index in [1.54, 1.807) is 0 Å². The highest BCUT2D eigenvalue weighted by Crippen LogP contribution is 2.24. The number of hydrogen-bond acceptors (Lipinski definition) is 3. The molecule has 0 bridgehead atoms. The van der Waals surface area contributed by atoms with Crippen molar-refractivity contribution in [1.29, 1.82) is 0 Å². The molecule has 1 aliphatic rings. The normalized spacial score (nSPS) is 15.0. The van der Waals surface area contributed by atoms with Gasteiger partial charge in [-0.25, -0.2) is 0 Å². The summed E-state index contributed by atoms with van der Waals surface area (Å²) in [5.41, 5.74) is 3.78. The van der Waals surface area contributed by atoms with Gasteiger partial charge in [-0.2, -0.15) is 9.97 Å². The molecule has 0 atom stereocenters. The molecule has 1 aromatic heterocycles. The van der Waals surface area contributed by atoms with Crippen LogP contribution in [0.2, 0.25) is 0 Å². The van der Waals surface area contributed by atoms with Crippen LogP contribution in [-0.4, -0.2) is 16.1 Å². The minimum absolute atomic E-state index is 0.145. The second kappa shape index (κ2) is 4.81. The van der Waals surface area contributed by atoms with E-state index in [-0.39, 0.29) is 6.10 Å². The lowest BCUT2D eigenvalue weighted by atomic mass is 9.94. The molecular formula is C13H20N2O. The van der Waals surface area contributed by atoms with Crippen molar-refractivity contribution in [2.75, 3.05) is 0 Å². The van der Waals surface area contributed by atoms with E-state index in [2.05, 4.69) is 16.9 Å². The first-order valence-electron chi connectivity index (χ1n) is 6.26. The summed E-state index contributed by atoms with van der Waals surface area (Å²) < 4.78 is 5.60. The van der Waals surface area contributed by atoms with Crippen LogP contribution >= 0.6 is 0 Å². The number of hydrogen-bond donors (Lipinski definition) is 0. The van der Waals surface area contributed by atoms with E-state index >= 15 is 0 Å². The summed E-state index contributed by atoms with van der Waals surface area (Å²) in [6, 6.07) is 0.562. The SMILES string of the molecule is CCc1nc(OC(C)C)nc2c1CCCC2. The predicted molar refractivity (Wildman–Crippen MR) is 63.8 cm³/mol. The molecule has 0 amide bonds. The zero-order valence-electron chi connectivity index (χ0n) is 10.4. The molecule has 0 aromatic carbocycles. The zero-order valence-corrected chi connectivity index (χ0v) is 10.4. The van der Waals surface area contributed by atoms with Gasteiger partial charge in [-0.15, -0.1) is 0 Å². The lowest BCUT2D eigenvalue weighted by Crippen LogP contribution is -2.15. The highest BCUT2D eigenvalue weighted by atomic mass is 16.5. The number of fused-ring (bicyclic) bond motifs is 1. The van der Waals surface area contributed by atoms with E-state index < -0.39 is 0 Å². The molecule has 0 aliphatic heterocycles. The maximum absolute atomic E-state index is 5.60. The van der Waals surface area contributed by atoms with Crippen LogP contribution in [0.5, 0.6) is 6.01 Å². The van der Waals surface area contributed by atoms with E-state index in [0.717, 1.165) is 19.3 Å². The van der Waals surface area contributed by atoms with Crippen LogP contribution in [0.1, 0.15) is 50.6 Å². The molecule has 3 nitrogen and oxygen atoms in total. The molecule has 0 saturated carbocycles. The third kappa shape index (κ3) is 2.34. The third-order valence-electron chi connectivity index (χ3n) is 2.92. The second-order valence-electron chi connectivity index (χ2n) is 4.61.